The molecule has 0 saturated carbocycles. The van der Waals surface area contributed by atoms with E-state index in [1.54, 1.807) is 0 Å². The monoisotopic (exact) mass is 252 g/mol. The van der Waals surface area contributed by atoms with E-state index >= 15 is 0 Å². The van der Waals surface area contributed by atoms with Gasteiger partial charge in [-0.05, 0) is 12.8 Å². The Balaban J connectivity index is 2.64. The summed E-state index contributed by atoms with van der Waals surface area (Å²) in [6, 6.07) is 0.206. The molecule has 1 N–H and O–H groups in total. The number of rotatable bonds is 5. The lowest BCUT2D eigenvalue weighted by Gasteiger charge is -2.14. The predicted molar refractivity (Wildman–Crippen MR) is 59.7 cm³/mol. The number of nitrogens with one attached hydrogen (secondary N) is 1. The maximum Gasteiger partial charge on any atom is 0.427 e. The Kier molecular flexibility index (Phi) is 4.58. The number of halogens is 3. The average Bonchev–Trinajstić information content (AvgIpc) is 2.65. The maximum atomic E-state index is 12.3. The molecule has 92 valence electrons. The third kappa shape index (κ3) is 3.66. The molecule has 0 spiro atoms. The summed E-state index contributed by atoms with van der Waals surface area (Å²) >= 11 is 0.662. The van der Waals surface area contributed by atoms with Gasteiger partial charge in [-0.15, -0.1) is 0 Å². The van der Waals surface area contributed by atoms with E-state index in [0.29, 0.717) is 16.5 Å². The lowest BCUT2D eigenvalue weighted by Crippen LogP contribution is -2.17. The summed E-state index contributed by atoms with van der Waals surface area (Å²) in [5.41, 5.74) is 0. The van der Waals surface area contributed by atoms with Crippen LogP contribution in [0.3, 0.4) is 0 Å². The van der Waals surface area contributed by atoms with Gasteiger partial charge < -0.3 is 5.32 Å². The van der Waals surface area contributed by atoms with Crippen LogP contribution in [0.1, 0.15) is 38.0 Å². The van der Waals surface area contributed by atoms with Crippen LogP contribution in [-0.4, -0.2) is 11.0 Å². The highest BCUT2D eigenvalue weighted by atomic mass is 32.1. The van der Waals surface area contributed by atoms with Gasteiger partial charge in [-0.2, -0.15) is 13.2 Å². The lowest BCUT2D eigenvalue weighted by atomic mass is 10.1. The molecule has 0 aliphatic rings. The fraction of sp³-hybridized carbons (Fsp3) is 0.700. The molecule has 1 heterocycles. The molecule has 0 fully saturated rings. The summed E-state index contributed by atoms with van der Waals surface area (Å²) in [6.07, 6.45) is -0.578. The summed E-state index contributed by atoms with van der Waals surface area (Å²) in [5, 5.41) is 3.38. The Hall–Kier alpha value is -0.780. The lowest BCUT2D eigenvalue weighted by molar-refractivity contribution is -0.134. The van der Waals surface area contributed by atoms with Crippen molar-refractivity contribution in [2.75, 3.05) is 5.32 Å². The molecule has 1 unspecified atom stereocenters. The highest BCUT2D eigenvalue weighted by Gasteiger charge is 2.33. The van der Waals surface area contributed by atoms with E-state index in [-0.39, 0.29) is 6.04 Å². The smallest absolute Gasteiger partial charge is 0.359 e. The number of hydrogen-bond donors (Lipinski definition) is 1. The summed E-state index contributed by atoms with van der Waals surface area (Å²) in [5.74, 6) is 0. The summed E-state index contributed by atoms with van der Waals surface area (Å²) in [4.78, 5) is 3.09. The molecule has 16 heavy (non-hydrogen) atoms. The zero-order chi connectivity index (χ0) is 12.2. The van der Waals surface area contributed by atoms with Gasteiger partial charge >= 0.3 is 6.18 Å². The highest BCUT2D eigenvalue weighted by Crippen LogP contribution is 2.35. The average molecular weight is 252 g/mol. The first kappa shape index (κ1) is 13.3. The van der Waals surface area contributed by atoms with Crippen molar-refractivity contribution in [3.05, 3.63) is 11.1 Å². The standard InChI is InChI=1S/C10H15F3N2S/c1-3-5-7(4-2)15-9-14-6-8(16-9)10(11,12)13/h6-7H,3-5H2,1-2H3,(H,14,15). The van der Waals surface area contributed by atoms with Gasteiger partial charge in [0.25, 0.3) is 0 Å². The van der Waals surface area contributed by atoms with Crippen molar-refractivity contribution in [2.24, 2.45) is 0 Å². The normalized spacial score (nSPS) is 13.8. The molecular weight excluding hydrogens is 237 g/mol. The molecule has 0 aliphatic heterocycles. The van der Waals surface area contributed by atoms with Crippen LogP contribution >= 0.6 is 11.3 Å². The number of thiazole rings is 1. The highest BCUT2D eigenvalue weighted by molar-refractivity contribution is 7.15. The summed E-state index contributed by atoms with van der Waals surface area (Å²) < 4.78 is 36.9. The Labute approximate surface area is 96.9 Å². The number of hydrogen-bond acceptors (Lipinski definition) is 3. The van der Waals surface area contributed by atoms with Crippen LogP contribution in [0.4, 0.5) is 18.3 Å². The SMILES string of the molecule is CCCC(CC)Nc1ncc(C(F)(F)F)s1. The molecule has 1 aromatic heterocycles. The van der Waals surface area contributed by atoms with Crippen molar-refractivity contribution in [1.82, 2.24) is 4.98 Å². The van der Waals surface area contributed by atoms with E-state index in [9.17, 15) is 13.2 Å². The summed E-state index contributed by atoms with van der Waals surface area (Å²) in [6.45, 7) is 4.05. The molecule has 0 amide bonds. The van der Waals surface area contributed by atoms with Crippen LogP contribution in [0.2, 0.25) is 0 Å². The van der Waals surface area contributed by atoms with Crippen molar-refractivity contribution in [1.29, 1.82) is 0 Å². The number of anilines is 1. The van der Waals surface area contributed by atoms with Crippen LogP contribution in [0, 0.1) is 0 Å². The van der Waals surface area contributed by atoms with Gasteiger partial charge in [0, 0.05) is 6.04 Å². The van der Waals surface area contributed by atoms with E-state index in [1.165, 1.54) is 0 Å². The molecule has 2 nitrogen and oxygen atoms in total. The van der Waals surface area contributed by atoms with Gasteiger partial charge in [-0.25, -0.2) is 4.98 Å². The third-order valence-electron chi connectivity index (χ3n) is 2.24. The Morgan fingerprint density at radius 1 is 1.44 bits per heavy atom. The van der Waals surface area contributed by atoms with Gasteiger partial charge in [0.2, 0.25) is 0 Å². The number of nitrogens with zero attached hydrogens (tertiary/aromatic N) is 1. The van der Waals surface area contributed by atoms with Crippen molar-refractivity contribution in [3.63, 3.8) is 0 Å². The van der Waals surface area contributed by atoms with Crippen molar-refractivity contribution in [2.45, 2.75) is 45.3 Å². The van der Waals surface area contributed by atoms with Crippen LogP contribution in [0.5, 0.6) is 0 Å². The molecule has 6 heteroatoms. The van der Waals surface area contributed by atoms with E-state index < -0.39 is 11.1 Å². The fourth-order valence-corrected chi connectivity index (χ4v) is 2.13. The molecular formula is C10H15F3N2S. The van der Waals surface area contributed by atoms with E-state index in [0.717, 1.165) is 25.5 Å². The Bertz CT molecular complexity index is 322. The van der Waals surface area contributed by atoms with Gasteiger partial charge in [0.1, 0.15) is 4.88 Å². The largest absolute Gasteiger partial charge is 0.427 e. The summed E-state index contributed by atoms with van der Waals surface area (Å²) in [7, 11) is 0. The number of alkyl halides is 3. The first-order valence-corrected chi connectivity index (χ1v) is 6.08. The third-order valence-corrected chi connectivity index (χ3v) is 3.22. The van der Waals surface area contributed by atoms with Crippen LogP contribution in [-0.2, 0) is 6.18 Å². The quantitative estimate of drug-likeness (QED) is 0.851. The van der Waals surface area contributed by atoms with Gasteiger partial charge in [-0.1, -0.05) is 31.6 Å². The van der Waals surface area contributed by atoms with E-state index in [2.05, 4.69) is 10.3 Å². The van der Waals surface area contributed by atoms with Gasteiger partial charge in [0.05, 0.1) is 6.20 Å². The molecule has 0 saturated heterocycles. The molecule has 0 aromatic carbocycles. The molecule has 1 rings (SSSR count). The minimum atomic E-state index is -4.29. The fourth-order valence-electron chi connectivity index (χ4n) is 1.37. The Morgan fingerprint density at radius 2 is 2.12 bits per heavy atom. The zero-order valence-corrected chi connectivity index (χ0v) is 10.1. The van der Waals surface area contributed by atoms with Crippen LogP contribution < -0.4 is 5.32 Å². The number of aromatic nitrogens is 1. The molecule has 1 atom stereocenters. The Morgan fingerprint density at radius 3 is 2.56 bits per heavy atom. The topological polar surface area (TPSA) is 24.9 Å². The van der Waals surface area contributed by atoms with Crippen LogP contribution in [0.25, 0.3) is 0 Å². The van der Waals surface area contributed by atoms with Crippen LogP contribution in [0.15, 0.2) is 6.20 Å². The van der Waals surface area contributed by atoms with E-state index in [4.69, 9.17) is 0 Å². The zero-order valence-electron chi connectivity index (χ0n) is 9.27. The van der Waals surface area contributed by atoms with Crippen molar-refractivity contribution >= 4 is 16.5 Å². The molecule has 0 bridgehead atoms. The van der Waals surface area contributed by atoms with Crippen molar-refractivity contribution < 1.29 is 13.2 Å². The second kappa shape index (κ2) is 5.52. The molecule has 0 radical (unpaired) electrons. The van der Waals surface area contributed by atoms with E-state index in [1.807, 2.05) is 13.8 Å². The van der Waals surface area contributed by atoms with Crippen molar-refractivity contribution in [3.8, 4) is 0 Å². The first-order valence-electron chi connectivity index (χ1n) is 5.27. The molecule has 1 aromatic rings. The van der Waals surface area contributed by atoms with Gasteiger partial charge in [0.15, 0.2) is 5.13 Å². The minimum absolute atomic E-state index is 0.206. The first-order chi connectivity index (χ1) is 7.47. The minimum Gasteiger partial charge on any atom is -0.359 e. The molecule has 0 aliphatic carbocycles. The predicted octanol–water partition coefficient (Wildman–Crippen LogP) is 4.15. The second-order valence-electron chi connectivity index (χ2n) is 3.57. The maximum absolute atomic E-state index is 12.3. The van der Waals surface area contributed by atoms with Gasteiger partial charge in [-0.3, -0.25) is 0 Å². The second-order valence-corrected chi connectivity index (χ2v) is 4.60.